The first-order chi connectivity index (χ1) is 8.88. The molecule has 0 spiro atoms. The fourth-order valence-corrected chi connectivity index (χ4v) is 3.37. The molecule has 0 unspecified atom stereocenters. The highest BCUT2D eigenvalue weighted by atomic mass is 35.5. The van der Waals surface area contributed by atoms with E-state index >= 15 is 0 Å². The average molecular weight is 320 g/mol. The van der Waals surface area contributed by atoms with E-state index < -0.39 is 16.0 Å². The van der Waals surface area contributed by atoms with Crippen LogP contribution in [-0.4, -0.2) is 29.5 Å². The van der Waals surface area contributed by atoms with Gasteiger partial charge in [0.2, 0.25) is 5.95 Å². The summed E-state index contributed by atoms with van der Waals surface area (Å²) in [7, 11) is -3.92. The molecule has 0 aliphatic rings. The molecule has 7 nitrogen and oxygen atoms in total. The van der Waals surface area contributed by atoms with Gasteiger partial charge in [0.25, 0.3) is 10.0 Å². The van der Waals surface area contributed by atoms with E-state index in [1.807, 2.05) is 0 Å². The van der Waals surface area contributed by atoms with Crippen molar-refractivity contribution in [1.82, 2.24) is 9.97 Å². The van der Waals surface area contributed by atoms with Crippen molar-refractivity contribution in [2.45, 2.75) is 4.21 Å². The van der Waals surface area contributed by atoms with Crippen molar-refractivity contribution >= 4 is 44.9 Å². The molecule has 2 rings (SSSR count). The predicted molar refractivity (Wildman–Crippen MR) is 69.1 cm³/mol. The molecule has 0 bridgehead atoms. The van der Waals surface area contributed by atoms with Crippen LogP contribution in [-0.2, 0) is 10.0 Å². The van der Waals surface area contributed by atoms with Gasteiger partial charge >= 0.3 is 5.97 Å². The number of nitrogens with zero attached hydrogens (tertiary/aromatic N) is 2. The Morgan fingerprint density at radius 3 is 2.79 bits per heavy atom. The molecule has 0 aromatic carbocycles. The number of nitrogens with one attached hydrogen (secondary N) is 1. The van der Waals surface area contributed by atoms with Gasteiger partial charge in [-0.2, -0.15) is 0 Å². The van der Waals surface area contributed by atoms with Crippen LogP contribution >= 0.6 is 22.9 Å². The number of anilines is 1. The summed E-state index contributed by atoms with van der Waals surface area (Å²) in [5, 5.41) is 10.1. The fourth-order valence-electron chi connectivity index (χ4n) is 1.13. The summed E-state index contributed by atoms with van der Waals surface area (Å²) in [4.78, 5) is 18.1. The molecule has 10 heteroatoms. The molecule has 0 saturated heterocycles. The zero-order valence-electron chi connectivity index (χ0n) is 9.07. The van der Waals surface area contributed by atoms with Gasteiger partial charge in [-0.3, -0.25) is 0 Å². The lowest BCUT2D eigenvalue weighted by atomic mass is 10.4. The lowest BCUT2D eigenvalue weighted by molar-refractivity contribution is 0.0697. The van der Waals surface area contributed by atoms with E-state index in [0.717, 1.165) is 17.4 Å². The Hall–Kier alpha value is -1.71. The molecule has 0 fully saturated rings. The third-order valence-corrected chi connectivity index (χ3v) is 4.91. The summed E-state index contributed by atoms with van der Waals surface area (Å²) < 4.78 is 25.8. The van der Waals surface area contributed by atoms with Crippen LogP contribution < -0.4 is 4.72 Å². The van der Waals surface area contributed by atoms with Crippen molar-refractivity contribution in [3.63, 3.8) is 0 Å². The van der Waals surface area contributed by atoms with E-state index in [1.54, 1.807) is 0 Å². The molecule has 0 atom stereocenters. The molecule has 2 aromatic heterocycles. The smallest absolute Gasteiger partial charge is 0.336 e. The van der Waals surface area contributed by atoms with E-state index in [9.17, 15) is 13.2 Å². The Kier molecular flexibility index (Phi) is 3.69. The predicted octanol–water partition coefficient (Wildman–Crippen LogP) is 1.69. The molecule has 100 valence electrons. The minimum atomic E-state index is -3.92. The third kappa shape index (κ3) is 3.19. The van der Waals surface area contributed by atoms with Crippen molar-refractivity contribution in [3.05, 3.63) is 34.4 Å². The summed E-state index contributed by atoms with van der Waals surface area (Å²) >= 11 is 6.39. The van der Waals surface area contributed by atoms with Crippen LogP contribution in [0, 0.1) is 0 Å². The summed E-state index contributed by atoms with van der Waals surface area (Å²) in [5.41, 5.74) is -0.0996. The first-order valence-corrected chi connectivity index (χ1v) is 7.46. The highest BCUT2D eigenvalue weighted by molar-refractivity contribution is 7.94. The lowest BCUT2D eigenvalue weighted by Gasteiger charge is -2.03. The van der Waals surface area contributed by atoms with Crippen LogP contribution in [0.4, 0.5) is 5.95 Å². The first kappa shape index (κ1) is 13.7. The molecule has 0 aliphatic heterocycles. The second kappa shape index (κ2) is 5.11. The van der Waals surface area contributed by atoms with Gasteiger partial charge in [0.15, 0.2) is 0 Å². The molecular weight excluding hydrogens is 314 g/mol. The Morgan fingerprint density at radius 1 is 1.47 bits per heavy atom. The number of halogens is 1. The van der Waals surface area contributed by atoms with Crippen molar-refractivity contribution < 1.29 is 18.3 Å². The van der Waals surface area contributed by atoms with Crippen LogP contribution in [0.2, 0.25) is 5.15 Å². The molecule has 0 amide bonds. The van der Waals surface area contributed by atoms with E-state index in [4.69, 9.17) is 16.7 Å². The molecule has 2 aromatic rings. The van der Waals surface area contributed by atoms with Gasteiger partial charge in [0.1, 0.15) is 9.36 Å². The van der Waals surface area contributed by atoms with Crippen molar-refractivity contribution in [3.8, 4) is 0 Å². The van der Waals surface area contributed by atoms with Gasteiger partial charge in [-0.25, -0.2) is 27.9 Å². The maximum absolute atomic E-state index is 11.9. The molecule has 19 heavy (non-hydrogen) atoms. The zero-order valence-corrected chi connectivity index (χ0v) is 11.5. The monoisotopic (exact) mass is 319 g/mol. The summed E-state index contributed by atoms with van der Waals surface area (Å²) in [6.45, 7) is 0. The molecule has 0 saturated carbocycles. The zero-order chi connectivity index (χ0) is 14.0. The van der Waals surface area contributed by atoms with Crippen LogP contribution in [0.1, 0.15) is 10.4 Å². The van der Waals surface area contributed by atoms with Crippen LogP contribution in [0.5, 0.6) is 0 Å². The third-order valence-electron chi connectivity index (χ3n) is 1.93. The maximum Gasteiger partial charge on any atom is 0.336 e. The Balaban J connectivity index is 2.29. The Bertz CT molecular complexity index is 729. The minimum absolute atomic E-state index is 0.0881. The van der Waals surface area contributed by atoms with E-state index in [-0.39, 0.29) is 20.9 Å². The molecule has 2 heterocycles. The van der Waals surface area contributed by atoms with Crippen LogP contribution in [0.15, 0.2) is 27.9 Å². The number of aromatic carboxylic acids is 1. The largest absolute Gasteiger partial charge is 0.478 e. The highest BCUT2D eigenvalue weighted by Gasteiger charge is 2.20. The quantitative estimate of drug-likeness (QED) is 0.830. The van der Waals surface area contributed by atoms with Gasteiger partial charge in [-0.15, -0.1) is 11.3 Å². The first-order valence-electron chi connectivity index (χ1n) is 4.72. The second-order valence-electron chi connectivity index (χ2n) is 3.27. The van der Waals surface area contributed by atoms with Gasteiger partial charge in [-0.1, -0.05) is 11.6 Å². The fraction of sp³-hybridized carbons (Fsp3) is 0. The molecule has 0 aliphatic carbocycles. The summed E-state index contributed by atoms with van der Waals surface area (Å²) in [5.74, 6) is -1.38. The number of carboxylic acid groups (broad SMARTS) is 1. The number of rotatable bonds is 4. The molecular formula is C9H6ClN3O4S2. The SMILES string of the molecule is O=C(O)c1csc(S(=O)(=O)Nc2nccc(Cl)n2)c1. The van der Waals surface area contributed by atoms with Gasteiger partial charge in [0.05, 0.1) is 5.56 Å². The highest BCUT2D eigenvalue weighted by Crippen LogP contribution is 2.22. The van der Waals surface area contributed by atoms with E-state index in [2.05, 4.69) is 14.7 Å². The van der Waals surface area contributed by atoms with E-state index in [0.29, 0.717) is 0 Å². The Morgan fingerprint density at radius 2 is 2.21 bits per heavy atom. The lowest BCUT2D eigenvalue weighted by Crippen LogP contribution is -2.13. The number of hydrogen-bond donors (Lipinski definition) is 2. The minimum Gasteiger partial charge on any atom is -0.478 e. The topological polar surface area (TPSA) is 109 Å². The number of carboxylic acids is 1. The van der Waals surface area contributed by atoms with E-state index in [1.165, 1.54) is 17.6 Å². The number of sulfonamides is 1. The maximum atomic E-state index is 11.9. The number of hydrogen-bond acceptors (Lipinski definition) is 6. The van der Waals surface area contributed by atoms with Gasteiger partial charge in [-0.05, 0) is 12.1 Å². The number of carbonyl (C=O) groups is 1. The standard InChI is InChI=1S/C9H6ClN3O4S2/c10-6-1-2-11-9(12-6)13-19(16,17)7-3-5(4-18-7)8(14)15/h1-4H,(H,14,15)(H,11,12,13). The average Bonchev–Trinajstić information content (AvgIpc) is 2.78. The molecule has 2 N–H and O–H groups in total. The van der Waals surface area contributed by atoms with Crippen molar-refractivity contribution in [2.75, 3.05) is 4.72 Å². The summed E-state index contributed by atoms with van der Waals surface area (Å²) in [6.07, 6.45) is 1.30. The second-order valence-corrected chi connectivity index (χ2v) is 6.48. The van der Waals surface area contributed by atoms with Gasteiger partial charge in [0, 0.05) is 11.6 Å². The van der Waals surface area contributed by atoms with Crippen LogP contribution in [0.25, 0.3) is 0 Å². The van der Waals surface area contributed by atoms with Gasteiger partial charge < -0.3 is 5.11 Å². The normalized spacial score (nSPS) is 11.2. The number of thiophene rings is 1. The molecule has 0 radical (unpaired) electrons. The van der Waals surface area contributed by atoms with Crippen molar-refractivity contribution in [2.24, 2.45) is 0 Å². The van der Waals surface area contributed by atoms with Crippen LogP contribution in [0.3, 0.4) is 0 Å². The number of aromatic nitrogens is 2. The Labute approximate surface area is 117 Å². The summed E-state index contributed by atoms with van der Waals surface area (Å²) in [6, 6.07) is 2.45. The van der Waals surface area contributed by atoms with Crippen molar-refractivity contribution in [1.29, 1.82) is 0 Å².